The van der Waals surface area contributed by atoms with Crippen LogP contribution in [0.15, 0.2) is 71.8 Å². The molecule has 3 heterocycles. The van der Waals surface area contributed by atoms with Crippen LogP contribution >= 0.6 is 0 Å². The summed E-state index contributed by atoms with van der Waals surface area (Å²) in [6, 6.07) is 16.6. The van der Waals surface area contributed by atoms with Gasteiger partial charge in [-0.05, 0) is 57.5 Å². The van der Waals surface area contributed by atoms with Crippen molar-refractivity contribution < 1.29 is 19.1 Å². The van der Waals surface area contributed by atoms with Crippen molar-refractivity contribution in [2.45, 2.75) is 33.7 Å². The first-order chi connectivity index (χ1) is 19.7. The number of pyridine rings is 2. The first-order valence-corrected chi connectivity index (χ1v) is 13.7. The van der Waals surface area contributed by atoms with Gasteiger partial charge in [0.15, 0.2) is 5.43 Å². The van der Waals surface area contributed by atoms with Crippen molar-refractivity contribution in [3.05, 3.63) is 77.2 Å². The molecule has 212 valence electrons. The fourth-order valence-electron chi connectivity index (χ4n) is 5.29. The highest BCUT2D eigenvalue weighted by molar-refractivity contribution is 6.20. The van der Waals surface area contributed by atoms with E-state index < -0.39 is 5.41 Å². The van der Waals surface area contributed by atoms with E-state index in [1.54, 1.807) is 45.2 Å². The number of aromatic nitrogens is 2. The second-order valence-corrected chi connectivity index (χ2v) is 10.6. The number of aryl methyl sites for hydroxylation is 1. The van der Waals surface area contributed by atoms with Gasteiger partial charge in [-0.3, -0.25) is 14.4 Å². The lowest BCUT2D eigenvalue weighted by molar-refractivity contribution is -0.137. The van der Waals surface area contributed by atoms with Crippen molar-refractivity contribution in [1.29, 1.82) is 0 Å². The number of nitrogens with zero attached hydrogens (tertiary/aromatic N) is 4. The Balaban J connectivity index is 1.36. The largest absolute Gasteiger partial charge is 0.493 e. The van der Waals surface area contributed by atoms with Crippen molar-refractivity contribution in [3.63, 3.8) is 0 Å². The van der Waals surface area contributed by atoms with Gasteiger partial charge in [-0.1, -0.05) is 12.1 Å². The van der Waals surface area contributed by atoms with E-state index in [1.165, 1.54) is 4.90 Å². The summed E-state index contributed by atoms with van der Waals surface area (Å²) in [4.78, 5) is 47.0. The molecule has 9 heteroatoms. The monoisotopic (exact) mass is 554 g/mol. The minimum Gasteiger partial charge on any atom is -0.493 e. The number of carbonyl (C=O) groups excluding carboxylic acids is 2. The maximum absolute atomic E-state index is 13.3. The first kappa shape index (κ1) is 27.9. The predicted molar refractivity (Wildman–Crippen MR) is 160 cm³/mol. The topological polar surface area (TPSA) is 94.0 Å². The van der Waals surface area contributed by atoms with Crippen molar-refractivity contribution >= 4 is 34.1 Å². The number of hydrogen-bond donors (Lipinski definition) is 0. The molecule has 2 amide bonds. The standard InChI is InChI=1S/C32H34N4O5/c1-6-36-26-14-13-22(18-27(26)34(4)30(38)32(2,3)31(36)39)41-17-9-16-35-20-24(21-12-15-28(40-5)33-19-21)29(37)23-10-7-8-11-25(23)35/h7-8,10-15,18-20H,6,9,16-17H2,1-5H3. The van der Waals surface area contributed by atoms with E-state index >= 15 is 0 Å². The predicted octanol–water partition coefficient (Wildman–Crippen LogP) is 4.90. The minimum absolute atomic E-state index is 0.0495. The van der Waals surface area contributed by atoms with Gasteiger partial charge in [0.1, 0.15) is 11.2 Å². The SMILES string of the molecule is CCN1C(=O)C(C)(C)C(=O)N(C)c2cc(OCCCn3cc(-c4ccc(OC)nc4)c(=O)c4ccccc43)ccc21. The second kappa shape index (κ2) is 11.1. The van der Waals surface area contributed by atoms with Crippen LogP contribution in [0.4, 0.5) is 11.4 Å². The molecule has 0 unspecified atom stereocenters. The molecule has 0 bridgehead atoms. The maximum Gasteiger partial charge on any atom is 0.242 e. The van der Waals surface area contributed by atoms with Crippen LogP contribution in [0.25, 0.3) is 22.0 Å². The number of carbonyl (C=O) groups is 2. The summed E-state index contributed by atoms with van der Waals surface area (Å²) in [5, 5.41) is 0.637. The molecule has 0 saturated heterocycles. The number of hydrogen-bond acceptors (Lipinski definition) is 6. The molecular formula is C32H34N4O5. The maximum atomic E-state index is 13.3. The quantitative estimate of drug-likeness (QED) is 0.227. The van der Waals surface area contributed by atoms with Crippen LogP contribution in [0.1, 0.15) is 27.2 Å². The summed E-state index contributed by atoms with van der Waals surface area (Å²) in [6.45, 7) is 6.72. The van der Waals surface area contributed by atoms with Crippen molar-refractivity contribution in [1.82, 2.24) is 9.55 Å². The Morgan fingerprint density at radius 3 is 2.44 bits per heavy atom. The number of rotatable bonds is 8. The molecule has 1 aliphatic heterocycles. The Labute approximate surface area is 238 Å². The molecule has 0 saturated carbocycles. The molecule has 5 rings (SSSR count). The molecule has 0 spiro atoms. The van der Waals surface area contributed by atoms with Gasteiger partial charge in [-0.25, -0.2) is 4.98 Å². The van der Waals surface area contributed by atoms with Crippen LogP contribution in [-0.2, 0) is 16.1 Å². The Bertz CT molecular complexity index is 1680. The molecule has 0 radical (unpaired) electrons. The van der Waals surface area contributed by atoms with Gasteiger partial charge < -0.3 is 23.8 Å². The van der Waals surface area contributed by atoms with E-state index in [4.69, 9.17) is 9.47 Å². The zero-order valence-corrected chi connectivity index (χ0v) is 24.0. The average molecular weight is 555 g/mol. The van der Waals surface area contributed by atoms with Crippen LogP contribution in [0.3, 0.4) is 0 Å². The van der Waals surface area contributed by atoms with Gasteiger partial charge in [-0.2, -0.15) is 0 Å². The number of benzene rings is 2. The Morgan fingerprint density at radius 1 is 0.951 bits per heavy atom. The summed E-state index contributed by atoms with van der Waals surface area (Å²) >= 11 is 0. The smallest absolute Gasteiger partial charge is 0.242 e. The fourth-order valence-corrected chi connectivity index (χ4v) is 5.29. The third-order valence-electron chi connectivity index (χ3n) is 7.59. The van der Waals surface area contributed by atoms with Crippen LogP contribution in [0.5, 0.6) is 11.6 Å². The fraction of sp³-hybridized carbons (Fsp3) is 0.312. The van der Waals surface area contributed by atoms with E-state index in [1.807, 2.05) is 61.7 Å². The molecule has 41 heavy (non-hydrogen) atoms. The molecule has 0 aliphatic carbocycles. The first-order valence-electron chi connectivity index (χ1n) is 13.7. The van der Waals surface area contributed by atoms with Crippen LogP contribution in [0.2, 0.25) is 0 Å². The molecular weight excluding hydrogens is 520 g/mol. The molecule has 2 aromatic heterocycles. The average Bonchev–Trinajstić information content (AvgIpc) is 3.04. The Morgan fingerprint density at radius 2 is 1.73 bits per heavy atom. The van der Waals surface area contributed by atoms with Gasteiger partial charge in [0, 0.05) is 61.2 Å². The summed E-state index contributed by atoms with van der Waals surface area (Å²) in [7, 11) is 3.24. The molecule has 1 aliphatic rings. The Hall–Kier alpha value is -4.66. The van der Waals surface area contributed by atoms with E-state index in [0.717, 1.165) is 11.1 Å². The number of para-hydroxylation sites is 1. The number of ether oxygens (including phenoxy) is 2. The Kier molecular flexibility index (Phi) is 7.53. The summed E-state index contributed by atoms with van der Waals surface area (Å²) in [6.07, 6.45) is 4.19. The van der Waals surface area contributed by atoms with Gasteiger partial charge >= 0.3 is 0 Å². The molecule has 0 fully saturated rings. The zero-order valence-electron chi connectivity index (χ0n) is 24.0. The molecule has 9 nitrogen and oxygen atoms in total. The van der Waals surface area contributed by atoms with Crippen molar-refractivity contribution in [2.24, 2.45) is 5.41 Å². The highest BCUT2D eigenvalue weighted by atomic mass is 16.5. The molecule has 2 aromatic carbocycles. The third kappa shape index (κ3) is 5.03. The summed E-state index contributed by atoms with van der Waals surface area (Å²) < 4.78 is 13.3. The van der Waals surface area contributed by atoms with Gasteiger partial charge in [0.05, 0.1) is 30.6 Å². The third-order valence-corrected chi connectivity index (χ3v) is 7.59. The normalized spacial score (nSPS) is 14.7. The summed E-state index contributed by atoms with van der Waals surface area (Å²) in [5.41, 5.74) is 2.25. The molecule has 0 N–H and O–H groups in total. The van der Waals surface area contributed by atoms with Crippen molar-refractivity contribution in [2.75, 3.05) is 37.1 Å². The number of amides is 2. The van der Waals surface area contributed by atoms with Crippen LogP contribution in [-0.4, -0.2) is 48.7 Å². The number of methoxy groups -OCH3 is 1. The van der Waals surface area contributed by atoms with Gasteiger partial charge in [0.2, 0.25) is 17.7 Å². The van der Waals surface area contributed by atoms with Crippen LogP contribution in [0, 0.1) is 5.41 Å². The lowest BCUT2D eigenvalue weighted by Gasteiger charge is -2.27. The van der Waals surface area contributed by atoms with E-state index in [0.29, 0.717) is 60.1 Å². The summed E-state index contributed by atoms with van der Waals surface area (Å²) in [5.74, 6) is 0.617. The number of fused-ring (bicyclic) bond motifs is 2. The highest BCUT2D eigenvalue weighted by Crippen LogP contribution is 2.40. The zero-order chi connectivity index (χ0) is 29.3. The second-order valence-electron chi connectivity index (χ2n) is 10.6. The number of anilines is 2. The van der Waals surface area contributed by atoms with Crippen LogP contribution < -0.4 is 24.7 Å². The minimum atomic E-state index is -1.16. The van der Waals surface area contributed by atoms with E-state index in [9.17, 15) is 14.4 Å². The van der Waals surface area contributed by atoms with E-state index in [2.05, 4.69) is 9.55 Å². The van der Waals surface area contributed by atoms with E-state index in [-0.39, 0.29) is 17.2 Å². The highest BCUT2D eigenvalue weighted by Gasteiger charge is 2.45. The van der Waals surface area contributed by atoms with Gasteiger partial charge in [-0.15, -0.1) is 0 Å². The van der Waals surface area contributed by atoms with Crippen molar-refractivity contribution in [3.8, 4) is 22.8 Å². The van der Waals surface area contributed by atoms with Gasteiger partial charge in [0.25, 0.3) is 0 Å². The molecule has 0 atom stereocenters. The lowest BCUT2D eigenvalue weighted by atomic mass is 9.90. The molecule has 4 aromatic rings. The lowest BCUT2D eigenvalue weighted by Crippen LogP contribution is -2.47.